The maximum Gasteiger partial charge on any atom is 0.342 e. The van der Waals surface area contributed by atoms with Crippen LogP contribution in [0.15, 0.2) is 0 Å². The van der Waals surface area contributed by atoms with Gasteiger partial charge >= 0.3 is 13.6 Å². The minimum absolute atomic E-state index is 0.911. The second kappa shape index (κ2) is 2.93. The van der Waals surface area contributed by atoms with Crippen LogP contribution in [0, 0.1) is 0 Å². The predicted molar refractivity (Wildman–Crippen MR) is 38.1 cm³/mol. The first-order chi connectivity index (χ1) is 4.73. The van der Waals surface area contributed by atoms with Gasteiger partial charge in [-0.3, -0.25) is 9.36 Å². The molecule has 0 aliphatic heterocycles. The summed E-state index contributed by atoms with van der Waals surface area (Å²) in [6.07, 6.45) is 0. The Morgan fingerprint density at radius 1 is 1.45 bits per heavy atom. The number of rotatable bonds is 2. The molecule has 5 nitrogen and oxygen atoms in total. The fourth-order valence-corrected chi connectivity index (χ4v) is 0.698. The van der Waals surface area contributed by atoms with Crippen LogP contribution < -0.4 is 0 Å². The summed E-state index contributed by atoms with van der Waals surface area (Å²) in [6, 6.07) is 0. The Morgan fingerprint density at radius 3 is 1.91 bits per heavy atom. The zero-order chi connectivity index (χ0) is 9.28. The highest BCUT2D eigenvalue weighted by Gasteiger charge is 2.45. The van der Waals surface area contributed by atoms with Crippen molar-refractivity contribution in [3.05, 3.63) is 0 Å². The lowest BCUT2D eigenvalue weighted by atomic mass is 10.2. The summed E-state index contributed by atoms with van der Waals surface area (Å²) in [5.74, 6) is -0.911. The molecule has 66 valence electrons. The molecule has 2 N–H and O–H groups in total. The van der Waals surface area contributed by atoms with E-state index >= 15 is 0 Å². The van der Waals surface area contributed by atoms with E-state index in [2.05, 4.69) is 4.74 Å². The fraction of sp³-hybridized carbons (Fsp3) is 0.800. The van der Waals surface area contributed by atoms with Crippen LogP contribution in [0.4, 0.5) is 0 Å². The fourth-order valence-electron chi connectivity index (χ4n) is 0.369. The molecule has 0 saturated heterocycles. The minimum Gasteiger partial charge on any atom is -0.468 e. The van der Waals surface area contributed by atoms with Gasteiger partial charge in [-0.05, 0) is 13.8 Å². The van der Waals surface area contributed by atoms with E-state index < -0.39 is 18.7 Å². The van der Waals surface area contributed by atoms with Crippen molar-refractivity contribution in [1.82, 2.24) is 0 Å². The van der Waals surface area contributed by atoms with Gasteiger partial charge in [-0.2, -0.15) is 0 Å². The van der Waals surface area contributed by atoms with Crippen LogP contribution in [0.2, 0.25) is 0 Å². The molecule has 0 aromatic rings. The summed E-state index contributed by atoms with van der Waals surface area (Å²) in [5, 5.41) is -1.75. The second-order valence-corrected chi connectivity index (χ2v) is 4.80. The van der Waals surface area contributed by atoms with Gasteiger partial charge in [0, 0.05) is 0 Å². The average molecular weight is 182 g/mol. The van der Waals surface area contributed by atoms with E-state index in [1.54, 1.807) is 0 Å². The van der Waals surface area contributed by atoms with E-state index in [1.807, 2.05) is 0 Å². The molecule has 0 unspecified atom stereocenters. The summed E-state index contributed by atoms with van der Waals surface area (Å²) in [7, 11) is -3.33. The Bertz CT molecular complexity index is 203. The largest absolute Gasteiger partial charge is 0.468 e. The maximum absolute atomic E-state index is 10.8. The molecule has 0 spiro atoms. The van der Waals surface area contributed by atoms with Gasteiger partial charge in [-0.15, -0.1) is 0 Å². The lowest BCUT2D eigenvalue weighted by Gasteiger charge is -2.21. The van der Waals surface area contributed by atoms with Gasteiger partial charge in [-0.25, -0.2) is 0 Å². The van der Waals surface area contributed by atoms with Crippen molar-refractivity contribution >= 4 is 13.6 Å². The molecular weight excluding hydrogens is 171 g/mol. The van der Waals surface area contributed by atoms with Crippen LogP contribution in [-0.2, 0) is 14.1 Å². The number of hydrogen-bond acceptors (Lipinski definition) is 3. The first-order valence-electron chi connectivity index (χ1n) is 2.87. The molecule has 0 aliphatic rings. The lowest BCUT2D eigenvalue weighted by molar-refractivity contribution is -0.143. The molecule has 11 heavy (non-hydrogen) atoms. The molecule has 0 amide bonds. The van der Waals surface area contributed by atoms with Crippen molar-refractivity contribution in [1.29, 1.82) is 0 Å². The highest BCUT2D eigenvalue weighted by Crippen LogP contribution is 2.50. The molecule has 0 saturated carbocycles. The van der Waals surface area contributed by atoms with E-state index in [9.17, 15) is 9.36 Å². The number of carbonyl (C=O) groups excluding carboxylic acids is 1. The Hall–Kier alpha value is -0.380. The number of ether oxygens (including phenoxy) is 1. The van der Waals surface area contributed by atoms with Crippen molar-refractivity contribution < 1.29 is 23.9 Å². The molecule has 0 aliphatic carbocycles. The van der Waals surface area contributed by atoms with Gasteiger partial charge < -0.3 is 14.5 Å². The molecule has 0 heterocycles. The predicted octanol–water partition coefficient (Wildman–Crippen LogP) is 0.116. The number of hydrogen-bond donors (Lipinski definition) is 2. The molecule has 0 aromatic heterocycles. The highest BCUT2D eigenvalue weighted by atomic mass is 31.2. The van der Waals surface area contributed by atoms with E-state index in [-0.39, 0.29) is 0 Å². The third-order valence-corrected chi connectivity index (χ3v) is 3.05. The highest BCUT2D eigenvalue weighted by molar-refractivity contribution is 7.54. The maximum atomic E-state index is 10.8. The summed E-state index contributed by atoms with van der Waals surface area (Å²) in [4.78, 5) is 28.1. The van der Waals surface area contributed by atoms with E-state index in [0.29, 0.717) is 0 Å². The SMILES string of the molecule is COC(=O)C(C)(C)P(=O)(O)O. The summed E-state index contributed by atoms with van der Waals surface area (Å²) in [6.45, 7) is 2.28. The van der Waals surface area contributed by atoms with Crippen LogP contribution in [0.1, 0.15) is 13.8 Å². The van der Waals surface area contributed by atoms with Crippen molar-refractivity contribution in [2.24, 2.45) is 0 Å². The Labute approximate surface area is 64.5 Å². The second-order valence-electron chi connectivity index (χ2n) is 2.59. The van der Waals surface area contributed by atoms with E-state index in [1.165, 1.54) is 0 Å². The molecule has 0 aromatic carbocycles. The lowest BCUT2D eigenvalue weighted by Crippen LogP contribution is -2.32. The monoisotopic (exact) mass is 182 g/mol. The smallest absolute Gasteiger partial charge is 0.342 e. The summed E-state index contributed by atoms with van der Waals surface area (Å²) < 4.78 is 14.9. The normalized spacial score (nSPS) is 12.8. The van der Waals surface area contributed by atoms with Gasteiger partial charge in [0.25, 0.3) is 0 Å². The van der Waals surface area contributed by atoms with Crippen molar-refractivity contribution in [3.63, 3.8) is 0 Å². The Morgan fingerprint density at radius 2 is 1.82 bits per heavy atom. The first kappa shape index (κ1) is 10.6. The average Bonchev–Trinajstić information content (AvgIpc) is 1.83. The van der Waals surface area contributed by atoms with Gasteiger partial charge in [0.15, 0.2) is 5.16 Å². The standard InChI is InChI=1S/C5H11O5P/c1-5(2,4(6)10-3)11(7,8)9/h1-3H3,(H2,7,8,9). The van der Waals surface area contributed by atoms with Gasteiger partial charge in [0.05, 0.1) is 7.11 Å². The van der Waals surface area contributed by atoms with Crippen LogP contribution in [-0.4, -0.2) is 28.0 Å². The van der Waals surface area contributed by atoms with Crippen molar-refractivity contribution in [2.75, 3.05) is 7.11 Å². The minimum atomic E-state index is -4.42. The third-order valence-electron chi connectivity index (χ3n) is 1.41. The summed E-state index contributed by atoms with van der Waals surface area (Å²) in [5.41, 5.74) is 0. The molecule has 0 fully saturated rings. The molecule has 0 radical (unpaired) electrons. The number of methoxy groups -OCH3 is 1. The van der Waals surface area contributed by atoms with Crippen LogP contribution in [0.25, 0.3) is 0 Å². The van der Waals surface area contributed by atoms with Gasteiger partial charge in [0.2, 0.25) is 0 Å². The molecule has 6 heteroatoms. The zero-order valence-corrected chi connectivity index (χ0v) is 7.46. The van der Waals surface area contributed by atoms with Crippen LogP contribution in [0.5, 0.6) is 0 Å². The van der Waals surface area contributed by atoms with Crippen LogP contribution in [0.3, 0.4) is 0 Å². The topological polar surface area (TPSA) is 83.8 Å². The molecule has 0 bridgehead atoms. The van der Waals surface area contributed by atoms with E-state index in [0.717, 1.165) is 21.0 Å². The number of esters is 1. The van der Waals surface area contributed by atoms with Crippen molar-refractivity contribution in [3.8, 4) is 0 Å². The quantitative estimate of drug-likeness (QED) is 0.468. The van der Waals surface area contributed by atoms with Crippen LogP contribution >= 0.6 is 7.60 Å². The molecule has 0 atom stereocenters. The van der Waals surface area contributed by atoms with Gasteiger partial charge in [-0.1, -0.05) is 0 Å². The van der Waals surface area contributed by atoms with E-state index in [4.69, 9.17) is 9.79 Å². The van der Waals surface area contributed by atoms with Gasteiger partial charge in [0.1, 0.15) is 0 Å². The molecular formula is C5H11O5P. The Balaban J connectivity index is 4.74. The Kier molecular flexibility index (Phi) is 2.83. The van der Waals surface area contributed by atoms with Crippen molar-refractivity contribution in [2.45, 2.75) is 19.0 Å². The summed E-state index contributed by atoms with van der Waals surface area (Å²) >= 11 is 0. The third kappa shape index (κ3) is 2.02. The first-order valence-corrected chi connectivity index (χ1v) is 4.49. The zero-order valence-electron chi connectivity index (χ0n) is 6.57. The number of carbonyl (C=O) groups is 1. The molecule has 0 rings (SSSR count).